The summed E-state index contributed by atoms with van der Waals surface area (Å²) in [5, 5.41) is 9.55. The van der Waals surface area contributed by atoms with Gasteiger partial charge in [0.05, 0.1) is 19.3 Å². The summed E-state index contributed by atoms with van der Waals surface area (Å²) >= 11 is 0. The lowest BCUT2D eigenvalue weighted by Gasteiger charge is -2.44. The molecule has 0 spiro atoms. The van der Waals surface area contributed by atoms with Gasteiger partial charge in [-0.15, -0.1) is 0 Å². The summed E-state index contributed by atoms with van der Waals surface area (Å²) in [7, 11) is 0. The Hall–Kier alpha value is -0.0800. The van der Waals surface area contributed by atoms with Crippen LogP contribution in [0.4, 0.5) is 0 Å². The van der Waals surface area contributed by atoms with Gasteiger partial charge in [0, 0.05) is 5.41 Å². The highest BCUT2D eigenvalue weighted by Gasteiger charge is 2.42. The van der Waals surface area contributed by atoms with E-state index in [0.717, 1.165) is 26.1 Å². The van der Waals surface area contributed by atoms with Crippen LogP contribution in [0.1, 0.15) is 26.7 Å². The lowest BCUT2D eigenvalue weighted by Crippen LogP contribution is -2.50. The van der Waals surface area contributed by atoms with Crippen molar-refractivity contribution in [1.82, 2.24) is 0 Å². The molecule has 1 atom stereocenters. The molecule has 1 fully saturated rings. The highest BCUT2D eigenvalue weighted by atomic mass is 16.5. The first-order valence-electron chi connectivity index (χ1n) is 4.01. The molecule has 60 valence electrons. The number of aliphatic hydroxyl groups is 1. The predicted molar refractivity (Wildman–Crippen MR) is 39.8 cm³/mol. The van der Waals surface area contributed by atoms with Crippen LogP contribution in [0, 0.1) is 5.41 Å². The molecule has 1 unspecified atom stereocenters. The average molecular weight is 144 g/mol. The summed E-state index contributed by atoms with van der Waals surface area (Å²) < 4.78 is 5.09. The molecule has 10 heavy (non-hydrogen) atoms. The molecule has 0 amide bonds. The Morgan fingerprint density at radius 3 is 2.20 bits per heavy atom. The zero-order valence-electron chi connectivity index (χ0n) is 6.76. The molecule has 2 nitrogen and oxygen atoms in total. The largest absolute Gasteiger partial charge is 0.392 e. The van der Waals surface area contributed by atoms with Crippen LogP contribution in [0.15, 0.2) is 0 Å². The van der Waals surface area contributed by atoms with Gasteiger partial charge in [0.15, 0.2) is 0 Å². The van der Waals surface area contributed by atoms with E-state index in [0.29, 0.717) is 0 Å². The van der Waals surface area contributed by atoms with Crippen molar-refractivity contribution in [2.75, 3.05) is 13.2 Å². The van der Waals surface area contributed by atoms with E-state index in [1.165, 1.54) is 0 Å². The van der Waals surface area contributed by atoms with Gasteiger partial charge >= 0.3 is 0 Å². The van der Waals surface area contributed by atoms with Gasteiger partial charge in [-0.3, -0.25) is 0 Å². The standard InChI is InChI=1S/C8H16O2/c1-3-7(9)8(4-2)5-10-6-8/h7,9H,3-6H2,1-2H3. The average Bonchev–Trinajstić information content (AvgIpc) is 1.86. The number of aliphatic hydroxyl groups excluding tert-OH is 1. The van der Waals surface area contributed by atoms with Crippen molar-refractivity contribution >= 4 is 0 Å². The van der Waals surface area contributed by atoms with Crippen molar-refractivity contribution in [2.24, 2.45) is 5.41 Å². The summed E-state index contributed by atoms with van der Waals surface area (Å²) in [5.41, 5.74) is 0.106. The van der Waals surface area contributed by atoms with Gasteiger partial charge in [-0.1, -0.05) is 13.8 Å². The highest BCUT2D eigenvalue weighted by molar-refractivity contribution is 4.90. The third-order valence-corrected chi connectivity index (χ3v) is 2.58. The number of hydrogen-bond acceptors (Lipinski definition) is 2. The molecule has 0 saturated carbocycles. The molecule has 1 N–H and O–H groups in total. The van der Waals surface area contributed by atoms with Crippen molar-refractivity contribution in [3.05, 3.63) is 0 Å². The minimum Gasteiger partial charge on any atom is -0.392 e. The second-order valence-electron chi connectivity index (χ2n) is 3.13. The van der Waals surface area contributed by atoms with Crippen molar-refractivity contribution in [3.8, 4) is 0 Å². The van der Waals surface area contributed by atoms with E-state index >= 15 is 0 Å². The van der Waals surface area contributed by atoms with Gasteiger partial charge in [0.2, 0.25) is 0 Å². The lowest BCUT2D eigenvalue weighted by molar-refractivity contribution is -0.173. The van der Waals surface area contributed by atoms with Crippen LogP contribution in [0.3, 0.4) is 0 Å². The van der Waals surface area contributed by atoms with Gasteiger partial charge in [-0.25, -0.2) is 0 Å². The zero-order valence-corrected chi connectivity index (χ0v) is 6.76. The Kier molecular flexibility index (Phi) is 2.32. The van der Waals surface area contributed by atoms with Crippen molar-refractivity contribution in [2.45, 2.75) is 32.8 Å². The fourth-order valence-electron chi connectivity index (χ4n) is 1.43. The summed E-state index contributed by atoms with van der Waals surface area (Å²) in [4.78, 5) is 0. The van der Waals surface area contributed by atoms with Crippen molar-refractivity contribution in [1.29, 1.82) is 0 Å². The molecule has 0 aliphatic carbocycles. The normalized spacial score (nSPS) is 25.5. The molecule has 1 aliphatic rings. The molecular formula is C8H16O2. The molecule has 1 heterocycles. The highest BCUT2D eigenvalue weighted by Crippen LogP contribution is 2.36. The minimum atomic E-state index is -0.161. The van der Waals surface area contributed by atoms with Crippen molar-refractivity contribution in [3.63, 3.8) is 0 Å². The second-order valence-corrected chi connectivity index (χ2v) is 3.13. The van der Waals surface area contributed by atoms with Crippen LogP contribution in [0.2, 0.25) is 0 Å². The van der Waals surface area contributed by atoms with Gasteiger partial charge < -0.3 is 9.84 Å². The predicted octanol–water partition coefficient (Wildman–Crippen LogP) is 1.18. The van der Waals surface area contributed by atoms with Crippen LogP contribution < -0.4 is 0 Å². The van der Waals surface area contributed by atoms with Crippen LogP contribution in [0.5, 0.6) is 0 Å². The number of ether oxygens (including phenoxy) is 1. The maximum absolute atomic E-state index is 9.55. The first-order valence-corrected chi connectivity index (χ1v) is 4.01. The van der Waals surface area contributed by atoms with E-state index in [1.807, 2.05) is 6.92 Å². The summed E-state index contributed by atoms with van der Waals surface area (Å²) in [5.74, 6) is 0. The molecule has 1 rings (SSSR count). The topological polar surface area (TPSA) is 29.5 Å². The Bertz CT molecular complexity index is 102. The zero-order chi connectivity index (χ0) is 7.61. The maximum atomic E-state index is 9.55. The molecule has 0 aromatic heterocycles. The van der Waals surface area contributed by atoms with Crippen LogP contribution in [-0.4, -0.2) is 24.4 Å². The van der Waals surface area contributed by atoms with Gasteiger partial charge in [-0.2, -0.15) is 0 Å². The van der Waals surface area contributed by atoms with E-state index in [2.05, 4.69) is 6.92 Å². The fourth-order valence-corrected chi connectivity index (χ4v) is 1.43. The molecule has 0 bridgehead atoms. The molecule has 0 radical (unpaired) electrons. The first kappa shape index (κ1) is 8.02. The second kappa shape index (κ2) is 2.89. The monoisotopic (exact) mass is 144 g/mol. The van der Waals surface area contributed by atoms with Crippen molar-refractivity contribution < 1.29 is 9.84 Å². The van der Waals surface area contributed by atoms with Crippen LogP contribution >= 0.6 is 0 Å². The Labute approximate surface area is 62.2 Å². The summed E-state index contributed by atoms with van der Waals surface area (Å²) in [6.07, 6.45) is 1.71. The molecule has 1 saturated heterocycles. The van der Waals surface area contributed by atoms with Gasteiger partial charge in [0.1, 0.15) is 0 Å². The Morgan fingerprint density at radius 2 is 2.10 bits per heavy atom. The molecule has 0 aromatic rings. The van der Waals surface area contributed by atoms with E-state index < -0.39 is 0 Å². The Balaban J connectivity index is 2.46. The molecule has 2 heteroatoms. The van der Waals surface area contributed by atoms with E-state index in [-0.39, 0.29) is 11.5 Å². The van der Waals surface area contributed by atoms with E-state index in [1.54, 1.807) is 0 Å². The SMILES string of the molecule is CCC(O)C1(CC)COC1. The fraction of sp³-hybridized carbons (Fsp3) is 1.00. The van der Waals surface area contributed by atoms with Gasteiger partial charge in [-0.05, 0) is 12.8 Å². The number of hydrogen-bond donors (Lipinski definition) is 1. The minimum absolute atomic E-state index is 0.106. The van der Waals surface area contributed by atoms with Crippen LogP contribution in [-0.2, 0) is 4.74 Å². The van der Waals surface area contributed by atoms with E-state index in [4.69, 9.17) is 4.74 Å². The van der Waals surface area contributed by atoms with E-state index in [9.17, 15) is 5.11 Å². The molecule has 1 aliphatic heterocycles. The summed E-state index contributed by atoms with van der Waals surface area (Å²) in [6.45, 7) is 5.62. The van der Waals surface area contributed by atoms with Gasteiger partial charge in [0.25, 0.3) is 0 Å². The maximum Gasteiger partial charge on any atom is 0.0638 e. The lowest BCUT2D eigenvalue weighted by atomic mass is 9.77. The number of rotatable bonds is 3. The quantitative estimate of drug-likeness (QED) is 0.644. The smallest absolute Gasteiger partial charge is 0.0638 e. The summed E-state index contributed by atoms with van der Waals surface area (Å²) in [6, 6.07) is 0. The first-order chi connectivity index (χ1) is 4.75. The Morgan fingerprint density at radius 1 is 1.50 bits per heavy atom. The van der Waals surface area contributed by atoms with Crippen LogP contribution in [0.25, 0.3) is 0 Å². The molecule has 0 aromatic carbocycles. The molecular weight excluding hydrogens is 128 g/mol. The third kappa shape index (κ3) is 1.06. The third-order valence-electron chi connectivity index (χ3n) is 2.58.